The number of nitrogens with two attached hydrogens (primary N) is 1. The normalized spacial score (nSPS) is 13.1. The van der Waals surface area contributed by atoms with E-state index in [-0.39, 0.29) is 6.04 Å². The summed E-state index contributed by atoms with van der Waals surface area (Å²) >= 11 is 6.01. The largest absolute Gasteiger partial charge is 0.329 e. The molecule has 0 aliphatic heterocycles. The van der Waals surface area contributed by atoms with Gasteiger partial charge in [0.2, 0.25) is 0 Å². The van der Waals surface area contributed by atoms with Crippen LogP contribution in [0.25, 0.3) is 0 Å². The zero-order valence-corrected chi connectivity index (χ0v) is 10.9. The summed E-state index contributed by atoms with van der Waals surface area (Å²) in [4.78, 5) is 2.39. The second-order valence-corrected chi connectivity index (χ2v) is 4.37. The molecule has 1 rings (SSSR count). The lowest BCUT2D eigenvalue weighted by Gasteiger charge is -2.29. The van der Waals surface area contributed by atoms with Gasteiger partial charge in [-0.1, -0.05) is 37.6 Å². The van der Waals surface area contributed by atoms with Crippen LogP contribution in [0, 0.1) is 0 Å². The van der Waals surface area contributed by atoms with Gasteiger partial charge in [0.25, 0.3) is 0 Å². The van der Waals surface area contributed by atoms with Crippen molar-refractivity contribution in [3.05, 3.63) is 34.9 Å². The number of halogens is 1. The summed E-state index contributed by atoms with van der Waals surface area (Å²) in [7, 11) is 0. The van der Waals surface area contributed by atoms with E-state index in [2.05, 4.69) is 24.8 Å². The van der Waals surface area contributed by atoms with E-state index in [0.29, 0.717) is 6.54 Å². The van der Waals surface area contributed by atoms with E-state index >= 15 is 0 Å². The molecule has 90 valence electrons. The quantitative estimate of drug-likeness (QED) is 0.828. The first kappa shape index (κ1) is 13.5. The van der Waals surface area contributed by atoms with Crippen molar-refractivity contribution in [1.29, 1.82) is 0 Å². The van der Waals surface area contributed by atoms with E-state index in [1.54, 1.807) is 0 Å². The van der Waals surface area contributed by atoms with E-state index in [4.69, 9.17) is 17.3 Å². The van der Waals surface area contributed by atoms with Crippen molar-refractivity contribution < 1.29 is 0 Å². The molecule has 3 heteroatoms. The molecule has 0 fully saturated rings. The average Bonchev–Trinajstić information content (AvgIpc) is 2.29. The van der Waals surface area contributed by atoms with Gasteiger partial charge in [0, 0.05) is 17.6 Å². The van der Waals surface area contributed by atoms with E-state index < -0.39 is 0 Å². The number of benzene rings is 1. The maximum atomic E-state index is 6.01. The van der Waals surface area contributed by atoms with Crippen LogP contribution >= 0.6 is 11.6 Å². The van der Waals surface area contributed by atoms with Gasteiger partial charge in [-0.3, -0.25) is 4.90 Å². The average molecular weight is 241 g/mol. The first-order chi connectivity index (χ1) is 7.72. The standard InChI is InChI=1S/C13H21ClN2/c1-3-8-16(4-2)13(10-15)11-6-5-7-12(14)9-11/h5-7,9,13H,3-4,8,10,15H2,1-2H3. The molecular weight excluding hydrogens is 220 g/mol. The number of rotatable bonds is 6. The van der Waals surface area contributed by atoms with Crippen molar-refractivity contribution in [2.45, 2.75) is 26.3 Å². The molecule has 1 unspecified atom stereocenters. The predicted molar refractivity (Wildman–Crippen MR) is 70.8 cm³/mol. The second-order valence-electron chi connectivity index (χ2n) is 3.94. The van der Waals surface area contributed by atoms with Crippen LogP contribution in [0.1, 0.15) is 31.9 Å². The molecule has 0 radical (unpaired) electrons. The van der Waals surface area contributed by atoms with E-state index in [0.717, 1.165) is 24.5 Å². The summed E-state index contributed by atoms with van der Waals surface area (Å²) in [6.45, 7) is 7.08. The molecule has 0 aromatic heterocycles. The van der Waals surface area contributed by atoms with E-state index in [1.165, 1.54) is 5.56 Å². The molecule has 2 nitrogen and oxygen atoms in total. The molecule has 0 saturated heterocycles. The maximum Gasteiger partial charge on any atom is 0.0470 e. The van der Waals surface area contributed by atoms with Crippen molar-refractivity contribution in [3.63, 3.8) is 0 Å². The van der Waals surface area contributed by atoms with Crippen molar-refractivity contribution in [2.75, 3.05) is 19.6 Å². The zero-order chi connectivity index (χ0) is 12.0. The highest BCUT2D eigenvalue weighted by atomic mass is 35.5. The lowest BCUT2D eigenvalue weighted by Crippen LogP contribution is -2.34. The fourth-order valence-electron chi connectivity index (χ4n) is 2.03. The monoisotopic (exact) mass is 240 g/mol. The Kier molecular flexibility index (Phi) is 5.81. The molecule has 16 heavy (non-hydrogen) atoms. The third-order valence-electron chi connectivity index (χ3n) is 2.81. The van der Waals surface area contributed by atoms with Crippen LogP contribution in [0.4, 0.5) is 0 Å². The maximum absolute atomic E-state index is 6.01. The van der Waals surface area contributed by atoms with E-state index in [9.17, 15) is 0 Å². The molecule has 0 bridgehead atoms. The Morgan fingerprint density at radius 2 is 2.12 bits per heavy atom. The SMILES string of the molecule is CCCN(CC)C(CN)c1cccc(Cl)c1. The minimum Gasteiger partial charge on any atom is -0.329 e. The first-order valence-corrected chi connectivity index (χ1v) is 6.30. The molecule has 0 amide bonds. The van der Waals surface area contributed by atoms with Crippen molar-refractivity contribution in [1.82, 2.24) is 4.90 Å². The molecule has 1 atom stereocenters. The molecule has 0 aliphatic carbocycles. The van der Waals surface area contributed by atoms with Crippen LogP contribution in [0.5, 0.6) is 0 Å². The van der Waals surface area contributed by atoms with Gasteiger partial charge in [-0.05, 0) is 37.2 Å². The van der Waals surface area contributed by atoms with Crippen molar-refractivity contribution in [2.24, 2.45) is 5.73 Å². The third kappa shape index (κ3) is 3.48. The number of likely N-dealkylation sites (N-methyl/N-ethyl adjacent to an activating group) is 1. The minimum atomic E-state index is 0.281. The van der Waals surface area contributed by atoms with Crippen LogP contribution < -0.4 is 5.73 Å². The summed E-state index contributed by atoms with van der Waals surface area (Å²) < 4.78 is 0. The lowest BCUT2D eigenvalue weighted by molar-refractivity contribution is 0.213. The Morgan fingerprint density at radius 1 is 1.38 bits per heavy atom. The third-order valence-corrected chi connectivity index (χ3v) is 3.05. The molecule has 1 aromatic rings. The van der Waals surface area contributed by atoms with Gasteiger partial charge in [0.05, 0.1) is 0 Å². The predicted octanol–water partition coefficient (Wildman–Crippen LogP) is 3.07. The smallest absolute Gasteiger partial charge is 0.0470 e. The molecule has 0 spiro atoms. The molecular formula is C13H21ClN2. The Balaban J connectivity index is 2.87. The highest BCUT2D eigenvalue weighted by Gasteiger charge is 2.16. The van der Waals surface area contributed by atoms with Crippen LogP contribution in [0.2, 0.25) is 5.02 Å². The number of nitrogens with zero attached hydrogens (tertiary/aromatic N) is 1. The van der Waals surface area contributed by atoms with Gasteiger partial charge >= 0.3 is 0 Å². The summed E-state index contributed by atoms with van der Waals surface area (Å²) in [5.41, 5.74) is 7.09. The molecule has 0 heterocycles. The first-order valence-electron chi connectivity index (χ1n) is 5.92. The Labute approximate surface area is 103 Å². The highest BCUT2D eigenvalue weighted by Crippen LogP contribution is 2.22. The Hall–Kier alpha value is -0.570. The van der Waals surface area contributed by atoms with Gasteiger partial charge in [0.1, 0.15) is 0 Å². The van der Waals surface area contributed by atoms with Gasteiger partial charge in [-0.15, -0.1) is 0 Å². The van der Waals surface area contributed by atoms with Crippen molar-refractivity contribution in [3.8, 4) is 0 Å². The van der Waals surface area contributed by atoms with Gasteiger partial charge in [-0.25, -0.2) is 0 Å². The fraction of sp³-hybridized carbons (Fsp3) is 0.538. The highest BCUT2D eigenvalue weighted by molar-refractivity contribution is 6.30. The Morgan fingerprint density at radius 3 is 2.62 bits per heavy atom. The topological polar surface area (TPSA) is 29.3 Å². The minimum absolute atomic E-state index is 0.281. The molecule has 0 saturated carbocycles. The van der Waals surface area contributed by atoms with E-state index in [1.807, 2.05) is 18.2 Å². The van der Waals surface area contributed by atoms with Gasteiger partial charge in [-0.2, -0.15) is 0 Å². The Bertz CT molecular complexity index is 315. The molecule has 0 aliphatic rings. The molecule has 1 aromatic carbocycles. The summed E-state index contributed by atoms with van der Waals surface area (Å²) in [5, 5.41) is 0.781. The second kappa shape index (κ2) is 6.89. The van der Waals surface area contributed by atoms with Crippen LogP contribution in [0.15, 0.2) is 24.3 Å². The van der Waals surface area contributed by atoms with Gasteiger partial charge < -0.3 is 5.73 Å². The fourth-order valence-corrected chi connectivity index (χ4v) is 2.23. The number of hydrogen-bond donors (Lipinski definition) is 1. The summed E-state index contributed by atoms with van der Waals surface area (Å²) in [6.07, 6.45) is 1.14. The van der Waals surface area contributed by atoms with Crippen LogP contribution in [-0.4, -0.2) is 24.5 Å². The summed E-state index contributed by atoms with van der Waals surface area (Å²) in [6, 6.07) is 8.28. The van der Waals surface area contributed by atoms with Crippen LogP contribution in [0.3, 0.4) is 0 Å². The lowest BCUT2D eigenvalue weighted by atomic mass is 10.1. The van der Waals surface area contributed by atoms with Gasteiger partial charge in [0.15, 0.2) is 0 Å². The van der Waals surface area contributed by atoms with Crippen molar-refractivity contribution >= 4 is 11.6 Å². The summed E-state index contributed by atoms with van der Waals surface area (Å²) in [5.74, 6) is 0. The molecule has 2 N–H and O–H groups in total. The number of hydrogen-bond acceptors (Lipinski definition) is 2. The zero-order valence-electron chi connectivity index (χ0n) is 10.1. The van der Waals surface area contributed by atoms with Crippen LogP contribution in [-0.2, 0) is 0 Å².